The van der Waals surface area contributed by atoms with E-state index in [-0.39, 0.29) is 5.60 Å². The molecule has 0 aliphatic heterocycles. The maximum absolute atomic E-state index is 9.74. The van der Waals surface area contributed by atoms with Crippen LogP contribution < -0.4 is 5.32 Å². The lowest BCUT2D eigenvalue weighted by Gasteiger charge is -2.23. The predicted octanol–water partition coefficient (Wildman–Crippen LogP) is 2.28. The molecule has 2 N–H and O–H groups in total. The third-order valence-electron chi connectivity index (χ3n) is 2.31. The van der Waals surface area contributed by atoms with Crippen LogP contribution in [0.2, 0.25) is 0 Å². The van der Waals surface area contributed by atoms with Crippen molar-refractivity contribution in [3.8, 4) is 0 Å². The van der Waals surface area contributed by atoms with Gasteiger partial charge in [0.2, 0.25) is 0 Å². The van der Waals surface area contributed by atoms with Gasteiger partial charge in [0, 0.05) is 12.6 Å². The minimum Gasteiger partial charge on any atom is -0.389 e. The average Bonchev–Trinajstić information content (AvgIpc) is 2.23. The number of hydrogen-bond donors (Lipinski definition) is 2. The van der Waals surface area contributed by atoms with Crippen molar-refractivity contribution in [2.45, 2.75) is 58.8 Å². The van der Waals surface area contributed by atoms with Crippen LogP contribution in [0, 0.1) is 0 Å². The summed E-state index contributed by atoms with van der Waals surface area (Å²) < 4.78 is 5.53. The molecule has 2 unspecified atom stereocenters. The second kappa shape index (κ2) is 9.20. The molecule has 0 heterocycles. The fourth-order valence-electron chi connectivity index (χ4n) is 1.25. The van der Waals surface area contributed by atoms with E-state index in [1.165, 1.54) is 11.5 Å². The van der Waals surface area contributed by atoms with Crippen LogP contribution in [0.4, 0.5) is 0 Å². The SMILES string of the molecule is CCSCCC(C)NCC(O)COC(C)(C)C. The van der Waals surface area contributed by atoms with Crippen molar-refractivity contribution >= 4 is 11.8 Å². The molecule has 0 amide bonds. The number of aliphatic hydroxyl groups excluding tert-OH is 1. The fourth-order valence-corrected chi connectivity index (χ4v) is 2.06. The van der Waals surface area contributed by atoms with E-state index >= 15 is 0 Å². The van der Waals surface area contributed by atoms with Crippen LogP contribution in [0.15, 0.2) is 0 Å². The van der Waals surface area contributed by atoms with Gasteiger partial charge in [-0.15, -0.1) is 0 Å². The van der Waals surface area contributed by atoms with Crippen LogP contribution in [0.25, 0.3) is 0 Å². The van der Waals surface area contributed by atoms with Gasteiger partial charge in [0.25, 0.3) is 0 Å². The van der Waals surface area contributed by atoms with Gasteiger partial charge in [-0.3, -0.25) is 0 Å². The molecule has 0 radical (unpaired) electrons. The zero-order chi connectivity index (χ0) is 13.3. The summed E-state index contributed by atoms with van der Waals surface area (Å²) in [5.41, 5.74) is -0.176. The summed E-state index contributed by atoms with van der Waals surface area (Å²) >= 11 is 1.96. The van der Waals surface area contributed by atoms with Crippen LogP contribution in [0.3, 0.4) is 0 Å². The van der Waals surface area contributed by atoms with Crippen molar-refractivity contribution in [2.75, 3.05) is 24.7 Å². The first-order valence-corrected chi connectivity index (χ1v) is 7.63. The number of aliphatic hydroxyl groups is 1. The van der Waals surface area contributed by atoms with Crippen molar-refractivity contribution in [2.24, 2.45) is 0 Å². The Morgan fingerprint density at radius 1 is 1.35 bits per heavy atom. The lowest BCUT2D eigenvalue weighted by Crippen LogP contribution is -2.37. The van der Waals surface area contributed by atoms with Gasteiger partial charge >= 0.3 is 0 Å². The summed E-state index contributed by atoms with van der Waals surface area (Å²) in [6.07, 6.45) is 0.723. The lowest BCUT2D eigenvalue weighted by molar-refractivity contribution is -0.0482. The van der Waals surface area contributed by atoms with Gasteiger partial charge in [0.1, 0.15) is 0 Å². The highest BCUT2D eigenvalue weighted by atomic mass is 32.2. The van der Waals surface area contributed by atoms with Gasteiger partial charge in [-0.1, -0.05) is 6.92 Å². The van der Waals surface area contributed by atoms with Crippen molar-refractivity contribution < 1.29 is 9.84 Å². The Balaban J connectivity index is 3.52. The molecule has 0 aliphatic carbocycles. The Morgan fingerprint density at radius 3 is 2.53 bits per heavy atom. The van der Waals surface area contributed by atoms with E-state index in [4.69, 9.17) is 4.74 Å². The van der Waals surface area contributed by atoms with E-state index in [1.54, 1.807) is 0 Å². The molecule has 0 aromatic heterocycles. The molecule has 0 aliphatic rings. The van der Waals surface area contributed by atoms with Gasteiger partial charge in [0.15, 0.2) is 0 Å². The molecule has 0 saturated heterocycles. The quantitative estimate of drug-likeness (QED) is 0.626. The maximum Gasteiger partial charge on any atom is 0.0898 e. The Morgan fingerprint density at radius 2 is 2.00 bits per heavy atom. The number of ether oxygens (including phenoxy) is 1. The van der Waals surface area contributed by atoms with E-state index in [2.05, 4.69) is 19.2 Å². The molecule has 3 nitrogen and oxygen atoms in total. The van der Waals surface area contributed by atoms with Gasteiger partial charge < -0.3 is 15.2 Å². The van der Waals surface area contributed by atoms with Gasteiger partial charge in [0.05, 0.1) is 18.3 Å². The van der Waals surface area contributed by atoms with E-state index in [0.717, 1.165) is 6.42 Å². The first kappa shape index (κ1) is 17.2. The van der Waals surface area contributed by atoms with E-state index in [0.29, 0.717) is 19.2 Å². The van der Waals surface area contributed by atoms with Crippen molar-refractivity contribution in [1.29, 1.82) is 0 Å². The number of thioether (sulfide) groups is 1. The number of nitrogens with one attached hydrogen (secondary N) is 1. The molecule has 0 rings (SSSR count). The highest BCUT2D eigenvalue weighted by molar-refractivity contribution is 7.99. The van der Waals surface area contributed by atoms with E-state index in [1.807, 2.05) is 32.5 Å². The van der Waals surface area contributed by atoms with Gasteiger partial charge in [-0.25, -0.2) is 0 Å². The Bertz CT molecular complexity index is 183. The molecule has 0 aromatic rings. The van der Waals surface area contributed by atoms with Crippen LogP contribution >= 0.6 is 11.8 Å². The van der Waals surface area contributed by atoms with E-state index in [9.17, 15) is 5.11 Å². The highest BCUT2D eigenvalue weighted by Gasteiger charge is 2.14. The Hall–Kier alpha value is 0.230. The third-order valence-corrected chi connectivity index (χ3v) is 3.24. The lowest BCUT2D eigenvalue weighted by atomic mass is 10.2. The van der Waals surface area contributed by atoms with Crippen LogP contribution in [-0.4, -0.2) is 47.5 Å². The first-order valence-electron chi connectivity index (χ1n) is 6.48. The highest BCUT2D eigenvalue weighted by Crippen LogP contribution is 2.07. The van der Waals surface area contributed by atoms with Crippen molar-refractivity contribution in [3.05, 3.63) is 0 Å². The van der Waals surface area contributed by atoms with E-state index < -0.39 is 6.10 Å². The largest absolute Gasteiger partial charge is 0.389 e. The molecule has 0 fully saturated rings. The summed E-state index contributed by atoms with van der Waals surface area (Å²) in [6.45, 7) is 11.3. The Kier molecular flexibility index (Phi) is 9.32. The topological polar surface area (TPSA) is 41.5 Å². The van der Waals surface area contributed by atoms with Crippen LogP contribution in [0.5, 0.6) is 0 Å². The smallest absolute Gasteiger partial charge is 0.0898 e. The normalized spacial score (nSPS) is 15.9. The molecule has 0 bridgehead atoms. The maximum atomic E-state index is 9.74. The average molecular weight is 263 g/mol. The number of hydrogen-bond acceptors (Lipinski definition) is 4. The Labute approximate surface area is 111 Å². The number of rotatable bonds is 9. The summed E-state index contributed by atoms with van der Waals surface area (Å²) in [5, 5.41) is 13.1. The van der Waals surface area contributed by atoms with Crippen LogP contribution in [-0.2, 0) is 4.74 Å². The molecular weight excluding hydrogens is 234 g/mol. The monoisotopic (exact) mass is 263 g/mol. The molecule has 2 atom stereocenters. The summed E-state index contributed by atoms with van der Waals surface area (Å²) in [4.78, 5) is 0. The molecule has 104 valence electrons. The van der Waals surface area contributed by atoms with Gasteiger partial charge in [-0.05, 0) is 45.6 Å². The molecule has 0 saturated carbocycles. The minimum absolute atomic E-state index is 0.176. The van der Waals surface area contributed by atoms with Crippen molar-refractivity contribution in [1.82, 2.24) is 5.32 Å². The second-order valence-corrected chi connectivity index (χ2v) is 6.77. The predicted molar refractivity (Wildman–Crippen MR) is 76.8 cm³/mol. The molecule has 0 spiro atoms. The minimum atomic E-state index is -0.421. The summed E-state index contributed by atoms with van der Waals surface area (Å²) in [6, 6.07) is 0.457. The summed E-state index contributed by atoms with van der Waals surface area (Å²) in [7, 11) is 0. The molecule has 0 aromatic carbocycles. The fraction of sp³-hybridized carbons (Fsp3) is 1.00. The van der Waals surface area contributed by atoms with Gasteiger partial charge in [-0.2, -0.15) is 11.8 Å². The molecular formula is C13H29NO2S. The molecule has 4 heteroatoms. The summed E-state index contributed by atoms with van der Waals surface area (Å²) in [5.74, 6) is 2.36. The zero-order valence-electron chi connectivity index (χ0n) is 12.0. The third kappa shape index (κ3) is 12.5. The zero-order valence-corrected chi connectivity index (χ0v) is 12.8. The standard InChI is InChI=1S/C13H29NO2S/c1-6-17-8-7-11(2)14-9-12(15)10-16-13(3,4)5/h11-12,14-15H,6-10H2,1-5H3. The van der Waals surface area contributed by atoms with Crippen molar-refractivity contribution in [3.63, 3.8) is 0 Å². The van der Waals surface area contributed by atoms with Crippen LogP contribution in [0.1, 0.15) is 41.0 Å². The molecule has 17 heavy (non-hydrogen) atoms. The second-order valence-electron chi connectivity index (χ2n) is 5.37. The first-order chi connectivity index (χ1) is 7.85.